The Hall–Kier alpha value is -1.71. The number of anilines is 1. The number of hydrogen-bond donors (Lipinski definition) is 2. The highest BCUT2D eigenvalue weighted by Gasteiger charge is 2.31. The molecule has 162 valence electrons. The number of halogens is 3. The van der Waals surface area contributed by atoms with E-state index in [0.29, 0.717) is 32.4 Å². The molecule has 1 heterocycles. The van der Waals surface area contributed by atoms with Gasteiger partial charge in [-0.2, -0.15) is 4.31 Å². The van der Waals surface area contributed by atoms with Crippen LogP contribution in [0.25, 0.3) is 0 Å². The molecule has 30 heavy (non-hydrogen) atoms. The van der Waals surface area contributed by atoms with Gasteiger partial charge in [0.25, 0.3) is 5.91 Å². The quantitative estimate of drug-likeness (QED) is 0.657. The van der Waals surface area contributed by atoms with E-state index in [1.54, 1.807) is 0 Å². The van der Waals surface area contributed by atoms with E-state index in [1.807, 2.05) is 0 Å². The lowest BCUT2D eigenvalue weighted by molar-refractivity contribution is 0.102. The molecule has 0 atom stereocenters. The van der Waals surface area contributed by atoms with Crippen LogP contribution in [0.1, 0.15) is 29.6 Å². The highest BCUT2D eigenvalue weighted by atomic mass is 35.5. The van der Waals surface area contributed by atoms with Crippen molar-refractivity contribution in [2.45, 2.75) is 24.2 Å². The Morgan fingerprint density at radius 1 is 1.13 bits per heavy atom. The Labute approximate surface area is 184 Å². The molecule has 2 N–H and O–H groups in total. The van der Waals surface area contributed by atoms with Crippen LogP contribution in [0.5, 0.6) is 0 Å². The number of aliphatic hydroxyl groups is 1. The average molecular weight is 475 g/mol. The molecule has 0 aliphatic carbocycles. The van der Waals surface area contributed by atoms with Crippen LogP contribution in [-0.2, 0) is 10.0 Å². The molecule has 1 saturated heterocycles. The fraction of sp³-hybridized carbons (Fsp3) is 0.350. The molecule has 0 saturated carbocycles. The normalized spacial score (nSPS) is 15.9. The third-order valence-corrected chi connectivity index (χ3v) is 7.77. The number of benzene rings is 2. The number of carbonyl (C=O) groups is 1. The van der Waals surface area contributed by atoms with Gasteiger partial charge in [-0.15, -0.1) is 0 Å². The molecule has 0 spiro atoms. The summed E-state index contributed by atoms with van der Waals surface area (Å²) >= 11 is 11.9. The molecule has 0 aromatic heterocycles. The Balaban J connectivity index is 1.80. The van der Waals surface area contributed by atoms with Gasteiger partial charge < -0.3 is 10.4 Å². The van der Waals surface area contributed by atoms with E-state index in [9.17, 15) is 17.6 Å². The van der Waals surface area contributed by atoms with Crippen molar-refractivity contribution in [1.29, 1.82) is 0 Å². The second kappa shape index (κ2) is 9.62. The van der Waals surface area contributed by atoms with Crippen LogP contribution >= 0.6 is 23.2 Å². The molecule has 2 aromatic carbocycles. The molecule has 10 heteroatoms. The Morgan fingerprint density at radius 2 is 1.83 bits per heavy atom. The Bertz CT molecular complexity index is 1040. The smallest absolute Gasteiger partial charge is 0.255 e. The molecular weight excluding hydrogens is 454 g/mol. The summed E-state index contributed by atoms with van der Waals surface area (Å²) < 4.78 is 40.8. The van der Waals surface area contributed by atoms with Gasteiger partial charge >= 0.3 is 0 Å². The average Bonchev–Trinajstić information content (AvgIpc) is 2.71. The molecule has 0 radical (unpaired) electrons. The predicted molar refractivity (Wildman–Crippen MR) is 114 cm³/mol. The van der Waals surface area contributed by atoms with Crippen molar-refractivity contribution in [2.75, 3.05) is 25.0 Å². The van der Waals surface area contributed by atoms with Crippen molar-refractivity contribution < 1.29 is 22.7 Å². The first kappa shape index (κ1) is 23.0. The monoisotopic (exact) mass is 474 g/mol. The number of sulfonamides is 1. The van der Waals surface area contributed by atoms with Crippen molar-refractivity contribution >= 4 is 44.8 Å². The highest BCUT2D eigenvalue weighted by molar-refractivity contribution is 7.89. The summed E-state index contributed by atoms with van der Waals surface area (Å²) in [5.74, 6) is -0.902. The van der Waals surface area contributed by atoms with E-state index in [-0.39, 0.29) is 38.7 Å². The van der Waals surface area contributed by atoms with Crippen LogP contribution in [-0.4, -0.2) is 43.4 Å². The van der Waals surface area contributed by atoms with Gasteiger partial charge in [-0.1, -0.05) is 23.2 Å². The predicted octanol–water partition coefficient (Wildman–Crippen LogP) is 4.17. The molecule has 2 aromatic rings. The molecule has 1 fully saturated rings. The van der Waals surface area contributed by atoms with Crippen LogP contribution in [0.3, 0.4) is 0 Å². The highest BCUT2D eigenvalue weighted by Crippen LogP contribution is 2.30. The van der Waals surface area contributed by atoms with E-state index >= 15 is 0 Å². The van der Waals surface area contributed by atoms with Crippen LogP contribution in [0.2, 0.25) is 10.0 Å². The maximum absolute atomic E-state index is 13.3. The summed E-state index contributed by atoms with van der Waals surface area (Å²) in [4.78, 5) is 12.4. The summed E-state index contributed by atoms with van der Waals surface area (Å²) in [7, 11) is -3.88. The third-order valence-electron chi connectivity index (χ3n) is 5.10. The minimum absolute atomic E-state index is 0.0221. The number of hydrogen-bond acceptors (Lipinski definition) is 4. The van der Waals surface area contributed by atoms with Gasteiger partial charge in [0.2, 0.25) is 10.0 Å². The van der Waals surface area contributed by atoms with Crippen LogP contribution < -0.4 is 5.32 Å². The maximum atomic E-state index is 13.3. The molecule has 1 amide bonds. The summed E-state index contributed by atoms with van der Waals surface area (Å²) in [5, 5.41) is 11.5. The Morgan fingerprint density at radius 3 is 2.47 bits per heavy atom. The third kappa shape index (κ3) is 5.12. The van der Waals surface area contributed by atoms with Gasteiger partial charge in [0.05, 0.1) is 10.0 Å². The number of nitrogens with one attached hydrogen (secondary N) is 1. The first-order valence-corrected chi connectivity index (χ1v) is 11.6. The first-order valence-electron chi connectivity index (χ1n) is 9.39. The zero-order valence-electron chi connectivity index (χ0n) is 15.9. The second-order valence-electron chi connectivity index (χ2n) is 7.09. The fourth-order valence-corrected chi connectivity index (χ4v) is 5.53. The number of piperidine rings is 1. The van der Waals surface area contributed by atoms with Crippen molar-refractivity contribution in [3.8, 4) is 0 Å². The largest absolute Gasteiger partial charge is 0.396 e. The van der Waals surface area contributed by atoms with Gasteiger partial charge in [0.1, 0.15) is 10.7 Å². The topological polar surface area (TPSA) is 86.7 Å². The summed E-state index contributed by atoms with van der Waals surface area (Å²) in [6, 6.07) is 7.74. The van der Waals surface area contributed by atoms with Crippen LogP contribution in [0.15, 0.2) is 41.3 Å². The standard InChI is InChI=1S/C20H21Cl2FN2O4S/c21-16-3-1-14(20(27)24-15-2-4-18(23)17(22)12-15)11-19(16)30(28,29)25-8-5-13(6-9-25)7-10-26/h1-4,11-13,26H,5-10H2,(H,24,27). The number of carbonyl (C=O) groups excluding carboxylic acids is 1. The molecule has 1 aliphatic heterocycles. The second-order valence-corrected chi connectivity index (χ2v) is 9.81. The lowest BCUT2D eigenvalue weighted by Gasteiger charge is -2.31. The van der Waals surface area contributed by atoms with Gasteiger partial charge in [-0.25, -0.2) is 12.8 Å². The lowest BCUT2D eigenvalue weighted by Crippen LogP contribution is -2.38. The number of nitrogens with zero attached hydrogens (tertiary/aromatic N) is 1. The van der Waals surface area contributed by atoms with E-state index < -0.39 is 21.7 Å². The minimum Gasteiger partial charge on any atom is -0.396 e. The van der Waals surface area contributed by atoms with Crippen molar-refractivity contribution in [1.82, 2.24) is 4.31 Å². The fourth-order valence-electron chi connectivity index (χ4n) is 3.38. The van der Waals surface area contributed by atoms with Crippen molar-refractivity contribution in [2.24, 2.45) is 5.92 Å². The van der Waals surface area contributed by atoms with Gasteiger partial charge in [0.15, 0.2) is 0 Å². The number of aliphatic hydroxyl groups excluding tert-OH is 1. The zero-order chi connectivity index (χ0) is 21.9. The van der Waals surface area contributed by atoms with E-state index in [2.05, 4.69) is 5.32 Å². The van der Waals surface area contributed by atoms with Crippen molar-refractivity contribution in [3.63, 3.8) is 0 Å². The summed E-state index contributed by atoms with van der Waals surface area (Å²) in [5.41, 5.74) is 0.366. The number of amides is 1. The molecule has 0 unspecified atom stereocenters. The zero-order valence-corrected chi connectivity index (χ0v) is 18.3. The lowest BCUT2D eigenvalue weighted by atomic mass is 9.95. The molecule has 6 nitrogen and oxygen atoms in total. The van der Waals surface area contributed by atoms with Crippen LogP contribution in [0, 0.1) is 11.7 Å². The first-order chi connectivity index (χ1) is 14.2. The molecule has 1 aliphatic rings. The summed E-state index contributed by atoms with van der Waals surface area (Å²) in [6.07, 6.45) is 1.96. The SMILES string of the molecule is O=C(Nc1ccc(F)c(Cl)c1)c1ccc(Cl)c(S(=O)(=O)N2CCC(CCO)CC2)c1. The van der Waals surface area contributed by atoms with Gasteiger partial charge in [0, 0.05) is 30.9 Å². The van der Waals surface area contributed by atoms with Crippen LogP contribution in [0.4, 0.5) is 10.1 Å². The van der Waals surface area contributed by atoms with E-state index in [1.165, 1.54) is 34.6 Å². The number of rotatable bonds is 6. The Kier molecular flexibility index (Phi) is 7.36. The van der Waals surface area contributed by atoms with E-state index in [0.717, 1.165) is 6.07 Å². The van der Waals surface area contributed by atoms with Crippen molar-refractivity contribution in [3.05, 3.63) is 57.8 Å². The molecular formula is C20H21Cl2FN2O4S. The maximum Gasteiger partial charge on any atom is 0.255 e. The van der Waals surface area contributed by atoms with Gasteiger partial charge in [-0.3, -0.25) is 4.79 Å². The van der Waals surface area contributed by atoms with E-state index in [4.69, 9.17) is 28.3 Å². The molecule has 0 bridgehead atoms. The van der Waals surface area contributed by atoms with Gasteiger partial charge in [-0.05, 0) is 61.6 Å². The molecule has 3 rings (SSSR count). The summed E-state index contributed by atoms with van der Waals surface area (Å²) in [6.45, 7) is 0.737. The minimum atomic E-state index is -3.88.